The largest absolute Gasteiger partial charge is 0.354 e. The fourth-order valence-corrected chi connectivity index (χ4v) is 3.60. The number of benzene rings is 2. The van der Waals surface area contributed by atoms with E-state index in [4.69, 9.17) is 0 Å². The molecule has 148 valence electrons. The summed E-state index contributed by atoms with van der Waals surface area (Å²) in [7, 11) is 0. The lowest BCUT2D eigenvalue weighted by molar-refractivity contribution is -0.125. The molecule has 0 saturated carbocycles. The van der Waals surface area contributed by atoms with Gasteiger partial charge in [-0.2, -0.15) is 0 Å². The van der Waals surface area contributed by atoms with Crippen LogP contribution in [0.3, 0.4) is 0 Å². The number of piperidine rings is 1. The summed E-state index contributed by atoms with van der Waals surface area (Å²) >= 11 is 0. The van der Waals surface area contributed by atoms with Crippen LogP contribution >= 0.6 is 0 Å². The van der Waals surface area contributed by atoms with Gasteiger partial charge in [-0.25, -0.2) is 4.39 Å². The van der Waals surface area contributed by atoms with E-state index in [1.54, 1.807) is 12.1 Å². The fourth-order valence-electron chi connectivity index (χ4n) is 3.60. The van der Waals surface area contributed by atoms with Crippen LogP contribution in [0.1, 0.15) is 18.4 Å². The molecule has 29 heavy (non-hydrogen) atoms. The Labute approximate surface area is 169 Å². The van der Waals surface area contributed by atoms with Crippen molar-refractivity contribution in [3.63, 3.8) is 0 Å². The van der Waals surface area contributed by atoms with E-state index < -0.39 is 0 Å². The van der Waals surface area contributed by atoms with Crippen LogP contribution in [0.25, 0.3) is 11.3 Å². The first-order valence-electron chi connectivity index (χ1n) is 9.85. The van der Waals surface area contributed by atoms with Crippen molar-refractivity contribution >= 4 is 11.7 Å². The molecule has 5 nitrogen and oxygen atoms in total. The van der Waals surface area contributed by atoms with Crippen molar-refractivity contribution in [2.75, 3.05) is 18.0 Å². The number of carbonyl (C=O) groups excluding carboxylic acids is 1. The van der Waals surface area contributed by atoms with Gasteiger partial charge in [0, 0.05) is 25.2 Å². The molecule has 0 radical (unpaired) electrons. The smallest absolute Gasteiger partial charge is 0.225 e. The lowest BCUT2D eigenvalue weighted by Gasteiger charge is -2.32. The molecule has 0 spiro atoms. The average molecular weight is 390 g/mol. The summed E-state index contributed by atoms with van der Waals surface area (Å²) in [6.45, 7) is 2.03. The molecule has 0 aliphatic carbocycles. The molecule has 1 aliphatic heterocycles. The first-order chi connectivity index (χ1) is 14.2. The van der Waals surface area contributed by atoms with Crippen molar-refractivity contribution < 1.29 is 9.18 Å². The van der Waals surface area contributed by atoms with Gasteiger partial charge in [0.15, 0.2) is 5.82 Å². The van der Waals surface area contributed by atoms with Gasteiger partial charge in [-0.15, -0.1) is 10.2 Å². The van der Waals surface area contributed by atoms with Crippen molar-refractivity contribution in [1.29, 1.82) is 0 Å². The highest BCUT2D eigenvalue weighted by Crippen LogP contribution is 2.23. The number of amides is 1. The first kappa shape index (κ1) is 19.1. The minimum Gasteiger partial charge on any atom is -0.354 e. The van der Waals surface area contributed by atoms with E-state index >= 15 is 0 Å². The van der Waals surface area contributed by atoms with Crippen LogP contribution in [-0.4, -0.2) is 29.2 Å². The second-order valence-corrected chi connectivity index (χ2v) is 7.27. The second-order valence-electron chi connectivity index (χ2n) is 7.27. The van der Waals surface area contributed by atoms with E-state index in [0.29, 0.717) is 18.8 Å². The number of aromatic nitrogens is 2. The highest BCUT2D eigenvalue weighted by Gasteiger charge is 2.26. The van der Waals surface area contributed by atoms with Gasteiger partial charge in [0.2, 0.25) is 5.91 Å². The van der Waals surface area contributed by atoms with Crippen LogP contribution in [0.15, 0.2) is 66.7 Å². The summed E-state index contributed by atoms with van der Waals surface area (Å²) in [5.41, 5.74) is 2.61. The molecule has 1 N–H and O–H groups in total. The number of nitrogens with zero attached hydrogens (tertiary/aromatic N) is 3. The quantitative estimate of drug-likeness (QED) is 0.720. The minimum absolute atomic E-state index is 0.0639. The Hall–Kier alpha value is -3.28. The first-order valence-corrected chi connectivity index (χ1v) is 9.85. The molecule has 4 rings (SSSR count). The van der Waals surface area contributed by atoms with Gasteiger partial charge >= 0.3 is 0 Å². The van der Waals surface area contributed by atoms with Gasteiger partial charge in [0.1, 0.15) is 5.82 Å². The van der Waals surface area contributed by atoms with Gasteiger partial charge in [0.25, 0.3) is 0 Å². The van der Waals surface area contributed by atoms with Gasteiger partial charge in [-0.1, -0.05) is 30.3 Å². The molecule has 2 heterocycles. The molecule has 0 unspecified atom stereocenters. The maximum Gasteiger partial charge on any atom is 0.225 e. The second kappa shape index (κ2) is 8.82. The summed E-state index contributed by atoms with van der Waals surface area (Å²) in [6.07, 6.45) is 1.81. The third-order valence-electron chi connectivity index (χ3n) is 5.22. The SMILES string of the molecule is O=C(NCc1ccccc1)[C@@H]1CCCN(c2ccc(-c3ccc(F)cc3)nn2)C1. The highest BCUT2D eigenvalue weighted by atomic mass is 19.1. The number of hydrogen-bond donors (Lipinski definition) is 1. The van der Waals surface area contributed by atoms with Gasteiger partial charge in [-0.3, -0.25) is 4.79 Å². The Kier molecular flexibility index (Phi) is 5.79. The molecule has 1 amide bonds. The number of hydrogen-bond acceptors (Lipinski definition) is 4. The Balaban J connectivity index is 1.37. The zero-order chi connectivity index (χ0) is 20.1. The summed E-state index contributed by atoms with van der Waals surface area (Å²) in [6, 6.07) is 19.9. The van der Waals surface area contributed by atoms with Crippen LogP contribution in [0, 0.1) is 11.7 Å². The Morgan fingerprint density at radius 3 is 2.55 bits per heavy atom. The fraction of sp³-hybridized carbons (Fsp3) is 0.261. The normalized spacial score (nSPS) is 16.4. The molecule has 1 aliphatic rings. The van der Waals surface area contributed by atoms with Crippen molar-refractivity contribution in [1.82, 2.24) is 15.5 Å². The Bertz CT molecular complexity index is 945. The molecule has 1 fully saturated rings. The van der Waals surface area contributed by atoms with Crippen LogP contribution in [0.4, 0.5) is 10.2 Å². The molecule has 6 heteroatoms. The highest BCUT2D eigenvalue weighted by molar-refractivity contribution is 5.79. The maximum absolute atomic E-state index is 13.1. The number of anilines is 1. The Morgan fingerprint density at radius 2 is 1.83 bits per heavy atom. The maximum atomic E-state index is 13.1. The molecule has 3 aromatic rings. The van der Waals surface area contributed by atoms with Crippen LogP contribution in [0.2, 0.25) is 0 Å². The number of carbonyl (C=O) groups is 1. The molecular formula is C23H23FN4O. The van der Waals surface area contributed by atoms with Crippen molar-refractivity contribution in [2.45, 2.75) is 19.4 Å². The predicted octanol–water partition coefficient (Wildman–Crippen LogP) is 3.82. The van der Waals surface area contributed by atoms with E-state index in [9.17, 15) is 9.18 Å². The lowest BCUT2D eigenvalue weighted by atomic mass is 9.97. The average Bonchev–Trinajstić information content (AvgIpc) is 2.79. The van der Waals surface area contributed by atoms with Crippen molar-refractivity contribution in [3.8, 4) is 11.3 Å². The van der Waals surface area contributed by atoms with Gasteiger partial charge in [0.05, 0.1) is 11.6 Å². The monoisotopic (exact) mass is 390 g/mol. The van der Waals surface area contributed by atoms with Crippen LogP contribution in [0.5, 0.6) is 0 Å². The summed E-state index contributed by atoms with van der Waals surface area (Å²) in [5.74, 6) is 0.500. The number of rotatable bonds is 5. The lowest BCUT2D eigenvalue weighted by Crippen LogP contribution is -2.43. The standard InChI is InChI=1S/C23H23FN4O/c24-20-10-8-18(9-11-20)21-12-13-22(27-26-21)28-14-4-7-19(16-28)23(29)25-15-17-5-2-1-3-6-17/h1-3,5-6,8-13,19H,4,7,14-16H2,(H,25,29)/t19-/m1/s1. The van der Waals surface area contributed by atoms with Crippen molar-refractivity contribution in [3.05, 3.63) is 78.1 Å². The van der Waals surface area contributed by atoms with Gasteiger partial charge in [-0.05, 0) is 54.8 Å². The van der Waals surface area contributed by atoms with E-state index in [-0.39, 0.29) is 17.6 Å². The molecule has 1 saturated heterocycles. The summed E-state index contributed by atoms with van der Waals surface area (Å²) in [4.78, 5) is 14.7. The molecule has 2 aromatic carbocycles. The van der Waals surface area contributed by atoms with E-state index in [0.717, 1.165) is 36.3 Å². The zero-order valence-electron chi connectivity index (χ0n) is 16.1. The van der Waals surface area contributed by atoms with Gasteiger partial charge < -0.3 is 10.2 Å². The third-order valence-corrected chi connectivity index (χ3v) is 5.22. The molecular weight excluding hydrogens is 367 g/mol. The number of halogens is 1. The predicted molar refractivity (Wildman–Crippen MR) is 111 cm³/mol. The van der Waals surface area contributed by atoms with Crippen molar-refractivity contribution in [2.24, 2.45) is 5.92 Å². The van der Waals surface area contributed by atoms with E-state index in [1.165, 1.54) is 12.1 Å². The minimum atomic E-state index is -0.275. The van der Waals surface area contributed by atoms with Crippen LogP contribution < -0.4 is 10.2 Å². The van der Waals surface area contributed by atoms with Crippen LogP contribution in [-0.2, 0) is 11.3 Å². The molecule has 1 atom stereocenters. The third kappa shape index (κ3) is 4.77. The van der Waals surface area contributed by atoms with E-state index in [1.807, 2.05) is 42.5 Å². The van der Waals surface area contributed by atoms with E-state index in [2.05, 4.69) is 20.4 Å². The summed E-state index contributed by atoms with van der Waals surface area (Å²) in [5, 5.41) is 11.7. The Morgan fingerprint density at radius 1 is 1.03 bits per heavy atom. The molecule has 0 bridgehead atoms. The molecule has 1 aromatic heterocycles. The summed E-state index contributed by atoms with van der Waals surface area (Å²) < 4.78 is 13.1. The topological polar surface area (TPSA) is 58.1 Å². The zero-order valence-corrected chi connectivity index (χ0v) is 16.1. The number of nitrogens with one attached hydrogen (secondary N) is 1.